The van der Waals surface area contributed by atoms with Crippen molar-refractivity contribution < 1.29 is 0 Å². The van der Waals surface area contributed by atoms with Crippen molar-refractivity contribution in [1.29, 1.82) is 0 Å². The molecule has 0 N–H and O–H groups in total. The minimum Gasteiger partial charge on any atom is -0.156 e. The summed E-state index contributed by atoms with van der Waals surface area (Å²) in [6.07, 6.45) is 0. The highest BCUT2D eigenvalue weighted by atomic mass is 79.9. The van der Waals surface area contributed by atoms with Crippen LogP contribution in [-0.4, -0.2) is 15.0 Å². The summed E-state index contributed by atoms with van der Waals surface area (Å²) in [4.78, 5) is 0.430. The van der Waals surface area contributed by atoms with E-state index in [-0.39, 0.29) is 0 Å². The van der Waals surface area contributed by atoms with Gasteiger partial charge in [-0.1, -0.05) is 36.7 Å². The molecular weight excluding hydrogens is 240 g/mol. The summed E-state index contributed by atoms with van der Waals surface area (Å²) in [6.45, 7) is 8.54. The quantitative estimate of drug-likeness (QED) is 0.776. The molecule has 0 amide bonds. The van der Waals surface area contributed by atoms with Gasteiger partial charge in [0.2, 0.25) is 0 Å². The molecule has 1 aromatic rings. The van der Waals surface area contributed by atoms with Crippen LogP contribution in [0.15, 0.2) is 12.1 Å². The Morgan fingerprint density at radius 2 is 1.79 bits per heavy atom. The van der Waals surface area contributed by atoms with Gasteiger partial charge in [-0.25, -0.2) is 0 Å². The minimum atomic E-state index is 0.430. The molecule has 1 heterocycles. The molecule has 0 spiro atoms. The Balaban J connectivity index is 2.94. The van der Waals surface area contributed by atoms with Crippen LogP contribution in [0.2, 0.25) is 0 Å². The van der Waals surface area contributed by atoms with E-state index in [1.54, 1.807) is 0 Å². The van der Waals surface area contributed by atoms with E-state index in [2.05, 4.69) is 53.0 Å². The first-order chi connectivity index (χ1) is 6.52. The number of rotatable bonds is 3. The highest BCUT2D eigenvalue weighted by molar-refractivity contribution is 9.09. The SMILES string of the molecule is Cc1ccc(C(C(C)C)C(C)Br)nn1. The fourth-order valence-corrected chi connectivity index (χ4v) is 2.58. The largest absolute Gasteiger partial charge is 0.156 e. The van der Waals surface area contributed by atoms with E-state index in [4.69, 9.17) is 0 Å². The molecule has 0 aliphatic rings. The van der Waals surface area contributed by atoms with Gasteiger partial charge in [0.15, 0.2) is 0 Å². The topological polar surface area (TPSA) is 25.8 Å². The molecule has 0 bridgehead atoms. The second kappa shape index (κ2) is 4.87. The van der Waals surface area contributed by atoms with Crippen LogP contribution in [0.25, 0.3) is 0 Å². The average Bonchev–Trinajstić information content (AvgIpc) is 2.07. The number of aryl methyl sites for hydroxylation is 1. The van der Waals surface area contributed by atoms with Crippen molar-refractivity contribution in [3.8, 4) is 0 Å². The van der Waals surface area contributed by atoms with Gasteiger partial charge in [0.05, 0.1) is 11.4 Å². The Morgan fingerprint density at radius 1 is 1.14 bits per heavy atom. The molecule has 0 saturated carbocycles. The van der Waals surface area contributed by atoms with Crippen molar-refractivity contribution in [2.24, 2.45) is 5.92 Å². The molecule has 2 atom stereocenters. The third-order valence-corrected chi connectivity index (χ3v) is 2.94. The van der Waals surface area contributed by atoms with Crippen molar-refractivity contribution in [2.45, 2.75) is 38.4 Å². The van der Waals surface area contributed by atoms with Crippen LogP contribution in [0.1, 0.15) is 38.1 Å². The average molecular weight is 257 g/mol. The molecule has 1 aromatic heterocycles. The Labute approximate surface area is 94.3 Å². The van der Waals surface area contributed by atoms with E-state index in [1.807, 2.05) is 13.0 Å². The van der Waals surface area contributed by atoms with Crippen LogP contribution in [0.3, 0.4) is 0 Å². The lowest BCUT2D eigenvalue weighted by Gasteiger charge is -2.22. The third-order valence-electron chi connectivity index (χ3n) is 2.37. The van der Waals surface area contributed by atoms with Gasteiger partial charge in [0.25, 0.3) is 0 Å². The predicted octanol–water partition coefficient (Wildman–Crippen LogP) is 3.31. The first kappa shape index (κ1) is 11.6. The van der Waals surface area contributed by atoms with E-state index in [0.717, 1.165) is 11.4 Å². The number of halogens is 1. The Hall–Kier alpha value is -0.440. The minimum absolute atomic E-state index is 0.430. The molecule has 14 heavy (non-hydrogen) atoms. The number of hydrogen-bond acceptors (Lipinski definition) is 2. The van der Waals surface area contributed by atoms with Gasteiger partial charge in [-0.2, -0.15) is 10.2 Å². The molecule has 2 nitrogen and oxygen atoms in total. The van der Waals surface area contributed by atoms with E-state index < -0.39 is 0 Å². The molecule has 3 heteroatoms. The van der Waals surface area contributed by atoms with Gasteiger partial charge in [0, 0.05) is 10.7 Å². The van der Waals surface area contributed by atoms with E-state index >= 15 is 0 Å². The Kier molecular flexibility index (Phi) is 4.05. The fraction of sp³-hybridized carbons (Fsp3) is 0.636. The smallest absolute Gasteiger partial charge is 0.0675 e. The molecule has 2 unspecified atom stereocenters. The van der Waals surface area contributed by atoms with E-state index in [1.165, 1.54) is 0 Å². The van der Waals surface area contributed by atoms with Crippen LogP contribution in [0, 0.1) is 12.8 Å². The molecule has 0 aliphatic carbocycles. The summed E-state index contributed by atoms with van der Waals surface area (Å²) >= 11 is 3.63. The second-order valence-corrected chi connectivity index (χ2v) is 5.49. The highest BCUT2D eigenvalue weighted by Crippen LogP contribution is 2.30. The number of nitrogens with zero attached hydrogens (tertiary/aromatic N) is 2. The van der Waals surface area contributed by atoms with Gasteiger partial charge in [0.1, 0.15) is 0 Å². The molecular formula is C11H17BrN2. The normalized spacial score (nSPS) is 15.6. The first-order valence-electron chi connectivity index (χ1n) is 4.96. The molecule has 0 fully saturated rings. The van der Waals surface area contributed by atoms with Crippen LogP contribution in [0.4, 0.5) is 0 Å². The summed E-state index contributed by atoms with van der Waals surface area (Å²) in [5.74, 6) is 1.00. The van der Waals surface area contributed by atoms with Gasteiger partial charge in [-0.3, -0.25) is 0 Å². The van der Waals surface area contributed by atoms with Crippen LogP contribution in [0.5, 0.6) is 0 Å². The van der Waals surface area contributed by atoms with E-state index in [9.17, 15) is 0 Å². The molecule has 0 aromatic carbocycles. The summed E-state index contributed by atoms with van der Waals surface area (Å²) in [5, 5.41) is 8.34. The van der Waals surface area contributed by atoms with Crippen molar-refractivity contribution in [1.82, 2.24) is 10.2 Å². The van der Waals surface area contributed by atoms with Crippen molar-refractivity contribution in [3.63, 3.8) is 0 Å². The molecule has 0 aliphatic heterocycles. The third kappa shape index (κ3) is 2.77. The zero-order chi connectivity index (χ0) is 10.7. The van der Waals surface area contributed by atoms with Crippen LogP contribution in [-0.2, 0) is 0 Å². The summed E-state index contributed by atoms with van der Waals surface area (Å²) in [5.41, 5.74) is 2.05. The van der Waals surface area contributed by atoms with Crippen molar-refractivity contribution in [2.75, 3.05) is 0 Å². The zero-order valence-corrected chi connectivity index (χ0v) is 10.7. The number of hydrogen-bond donors (Lipinski definition) is 0. The van der Waals surface area contributed by atoms with Crippen LogP contribution < -0.4 is 0 Å². The maximum atomic E-state index is 4.24. The fourth-order valence-electron chi connectivity index (χ4n) is 1.69. The van der Waals surface area contributed by atoms with Crippen molar-refractivity contribution >= 4 is 15.9 Å². The lowest BCUT2D eigenvalue weighted by Crippen LogP contribution is -2.17. The first-order valence-corrected chi connectivity index (χ1v) is 5.88. The monoisotopic (exact) mass is 256 g/mol. The molecule has 0 saturated heterocycles. The van der Waals surface area contributed by atoms with Gasteiger partial charge < -0.3 is 0 Å². The van der Waals surface area contributed by atoms with Crippen molar-refractivity contribution in [3.05, 3.63) is 23.5 Å². The maximum absolute atomic E-state index is 4.24. The van der Waals surface area contributed by atoms with Crippen LogP contribution >= 0.6 is 15.9 Å². The van der Waals surface area contributed by atoms with Gasteiger partial charge >= 0.3 is 0 Å². The predicted molar refractivity (Wildman–Crippen MR) is 62.7 cm³/mol. The zero-order valence-electron chi connectivity index (χ0n) is 9.16. The molecule has 78 valence electrons. The number of aromatic nitrogens is 2. The number of alkyl halides is 1. The summed E-state index contributed by atoms with van der Waals surface area (Å²) in [6, 6.07) is 4.10. The van der Waals surface area contributed by atoms with Gasteiger partial charge in [-0.15, -0.1) is 0 Å². The molecule has 0 radical (unpaired) electrons. The maximum Gasteiger partial charge on any atom is 0.0675 e. The Morgan fingerprint density at radius 3 is 2.14 bits per heavy atom. The summed E-state index contributed by atoms with van der Waals surface area (Å²) < 4.78 is 0. The summed E-state index contributed by atoms with van der Waals surface area (Å²) in [7, 11) is 0. The van der Waals surface area contributed by atoms with E-state index in [0.29, 0.717) is 16.7 Å². The second-order valence-electron chi connectivity index (χ2n) is 4.05. The standard InChI is InChI=1S/C11H17BrN2/c1-7(2)11(9(4)12)10-6-5-8(3)13-14-10/h5-7,9,11H,1-4H3. The Bertz CT molecular complexity index is 272. The van der Waals surface area contributed by atoms with Gasteiger partial charge in [-0.05, 0) is 25.0 Å². The highest BCUT2D eigenvalue weighted by Gasteiger charge is 2.22. The molecule has 1 rings (SSSR count). The lowest BCUT2D eigenvalue weighted by molar-refractivity contribution is 0.483. The lowest BCUT2D eigenvalue weighted by atomic mass is 9.90.